The minimum Gasteiger partial charge on any atom is -0.399 e. The summed E-state index contributed by atoms with van der Waals surface area (Å²) < 4.78 is 0. The first-order valence-electron chi connectivity index (χ1n) is 7.39. The van der Waals surface area contributed by atoms with Crippen LogP contribution in [0.1, 0.15) is 34.7 Å². The van der Waals surface area contributed by atoms with Gasteiger partial charge in [-0.25, -0.2) is 0 Å². The highest BCUT2D eigenvalue weighted by Gasteiger charge is 2.21. The maximum absolute atomic E-state index is 5.85. The molecule has 0 saturated heterocycles. The van der Waals surface area contributed by atoms with E-state index in [-0.39, 0.29) is 0 Å². The lowest BCUT2D eigenvalue weighted by molar-refractivity contribution is 0.533. The highest BCUT2D eigenvalue weighted by molar-refractivity contribution is 5.47. The predicted octanol–water partition coefficient (Wildman–Crippen LogP) is 3.40. The third-order valence-electron chi connectivity index (χ3n) is 4.13. The Morgan fingerprint density at radius 1 is 1.20 bits per heavy atom. The molecule has 3 N–H and O–H groups in total. The molecule has 104 valence electrons. The van der Waals surface area contributed by atoms with Crippen molar-refractivity contribution in [3.63, 3.8) is 0 Å². The summed E-state index contributed by atoms with van der Waals surface area (Å²) in [5.74, 6) is 0. The lowest BCUT2D eigenvalue weighted by Gasteiger charge is -2.14. The van der Waals surface area contributed by atoms with Crippen LogP contribution in [0.15, 0.2) is 42.5 Å². The molecule has 0 heterocycles. The fourth-order valence-electron chi connectivity index (χ4n) is 3.11. The van der Waals surface area contributed by atoms with E-state index in [0.29, 0.717) is 6.04 Å². The molecule has 2 nitrogen and oxygen atoms in total. The van der Waals surface area contributed by atoms with E-state index >= 15 is 0 Å². The average Bonchev–Trinajstić information content (AvgIpc) is 2.81. The van der Waals surface area contributed by atoms with Crippen molar-refractivity contribution >= 4 is 5.69 Å². The number of nitrogens with one attached hydrogen (secondary N) is 1. The zero-order valence-electron chi connectivity index (χ0n) is 12.0. The molecule has 0 saturated carbocycles. The molecular weight excluding hydrogens is 244 g/mol. The van der Waals surface area contributed by atoms with Gasteiger partial charge in [0.25, 0.3) is 0 Å². The summed E-state index contributed by atoms with van der Waals surface area (Å²) in [5.41, 5.74) is 12.3. The van der Waals surface area contributed by atoms with Gasteiger partial charge in [0, 0.05) is 11.7 Å². The third-order valence-corrected chi connectivity index (χ3v) is 4.13. The Balaban J connectivity index is 1.58. The van der Waals surface area contributed by atoms with Crippen molar-refractivity contribution in [1.29, 1.82) is 0 Å². The Hall–Kier alpha value is -1.80. The number of anilines is 1. The van der Waals surface area contributed by atoms with Gasteiger partial charge in [0.1, 0.15) is 0 Å². The number of hydrogen-bond donors (Lipinski definition) is 2. The largest absolute Gasteiger partial charge is 0.399 e. The van der Waals surface area contributed by atoms with Crippen molar-refractivity contribution in [3.8, 4) is 0 Å². The monoisotopic (exact) mass is 266 g/mol. The first-order chi connectivity index (χ1) is 9.72. The molecule has 0 spiro atoms. The summed E-state index contributed by atoms with van der Waals surface area (Å²) in [4.78, 5) is 0. The average molecular weight is 266 g/mol. The van der Waals surface area contributed by atoms with Crippen LogP contribution in [0, 0.1) is 6.92 Å². The van der Waals surface area contributed by atoms with Gasteiger partial charge in [0.2, 0.25) is 0 Å². The van der Waals surface area contributed by atoms with Gasteiger partial charge in [0.05, 0.1) is 0 Å². The number of rotatable bonds is 4. The molecule has 1 aliphatic carbocycles. The van der Waals surface area contributed by atoms with Crippen LogP contribution in [0.2, 0.25) is 0 Å². The zero-order valence-corrected chi connectivity index (χ0v) is 12.0. The highest BCUT2D eigenvalue weighted by atomic mass is 14.9. The topological polar surface area (TPSA) is 38.0 Å². The lowest BCUT2D eigenvalue weighted by Crippen LogP contribution is -2.21. The van der Waals surface area contributed by atoms with Gasteiger partial charge in [-0.05, 0) is 61.6 Å². The van der Waals surface area contributed by atoms with Crippen LogP contribution in [-0.4, -0.2) is 6.54 Å². The first-order valence-corrected chi connectivity index (χ1v) is 7.39. The van der Waals surface area contributed by atoms with Gasteiger partial charge in [-0.1, -0.05) is 35.9 Å². The Bertz CT molecular complexity index is 604. The number of nitrogen functional groups attached to an aromatic ring is 1. The molecule has 0 bridgehead atoms. The second kappa shape index (κ2) is 5.68. The van der Waals surface area contributed by atoms with Crippen LogP contribution in [0.5, 0.6) is 0 Å². The van der Waals surface area contributed by atoms with Crippen LogP contribution in [0.3, 0.4) is 0 Å². The molecule has 0 aliphatic heterocycles. The molecule has 0 amide bonds. The molecular formula is C18H22N2. The van der Waals surface area contributed by atoms with E-state index in [2.05, 4.69) is 48.6 Å². The zero-order chi connectivity index (χ0) is 13.9. The molecule has 2 aromatic rings. The Kier molecular flexibility index (Phi) is 3.75. The molecule has 3 rings (SSSR count). The first kappa shape index (κ1) is 13.2. The summed E-state index contributed by atoms with van der Waals surface area (Å²) in [6.45, 7) is 3.17. The SMILES string of the molecule is Cc1cccc(CCNC2CCc3cc(N)ccc32)c1. The Morgan fingerprint density at radius 2 is 2.10 bits per heavy atom. The van der Waals surface area contributed by atoms with E-state index in [1.165, 1.54) is 28.7 Å². The van der Waals surface area contributed by atoms with Crippen molar-refractivity contribution < 1.29 is 0 Å². The van der Waals surface area contributed by atoms with Crippen molar-refractivity contribution in [3.05, 3.63) is 64.7 Å². The van der Waals surface area contributed by atoms with Crippen molar-refractivity contribution in [1.82, 2.24) is 5.32 Å². The van der Waals surface area contributed by atoms with Crippen molar-refractivity contribution in [2.75, 3.05) is 12.3 Å². The number of hydrogen-bond acceptors (Lipinski definition) is 2. The van der Waals surface area contributed by atoms with Crippen molar-refractivity contribution in [2.24, 2.45) is 0 Å². The summed E-state index contributed by atoms with van der Waals surface area (Å²) in [5, 5.41) is 3.68. The van der Waals surface area contributed by atoms with E-state index in [1.807, 2.05) is 6.07 Å². The Morgan fingerprint density at radius 3 is 2.95 bits per heavy atom. The van der Waals surface area contributed by atoms with E-state index in [4.69, 9.17) is 5.73 Å². The minimum atomic E-state index is 0.496. The molecule has 1 atom stereocenters. The highest BCUT2D eigenvalue weighted by Crippen LogP contribution is 2.32. The van der Waals surface area contributed by atoms with Gasteiger partial charge in [-0.15, -0.1) is 0 Å². The van der Waals surface area contributed by atoms with E-state index in [9.17, 15) is 0 Å². The normalized spacial score (nSPS) is 17.1. The summed E-state index contributed by atoms with van der Waals surface area (Å²) in [6.07, 6.45) is 3.41. The molecule has 1 aliphatic rings. The van der Waals surface area contributed by atoms with Crippen LogP contribution in [0.4, 0.5) is 5.69 Å². The fourth-order valence-corrected chi connectivity index (χ4v) is 3.11. The van der Waals surface area contributed by atoms with Gasteiger partial charge >= 0.3 is 0 Å². The predicted molar refractivity (Wildman–Crippen MR) is 84.8 cm³/mol. The second-order valence-electron chi connectivity index (χ2n) is 5.74. The molecule has 0 fully saturated rings. The van der Waals surface area contributed by atoms with Gasteiger partial charge in [0.15, 0.2) is 0 Å². The number of benzene rings is 2. The quantitative estimate of drug-likeness (QED) is 0.832. The van der Waals surface area contributed by atoms with Crippen LogP contribution in [-0.2, 0) is 12.8 Å². The number of aryl methyl sites for hydroxylation is 2. The fraction of sp³-hybridized carbons (Fsp3) is 0.333. The van der Waals surface area contributed by atoms with E-state index in [1.54, 1.807) is 0 Å². The van der Waals surface area contributed by atoms with Crippen LogP contribution >= 0.6 is 0 Å². The van der Waals surface area contributed by atoms with E-state index in [0.717, 1.165) is 25.1 Å². The summed E-state index contributed by atoms with van der Waals surface area (Å²) in [6, 6.07) is 15.6. The summed E-state index contributed by atoms with van der Waals surface area (Å²) >= 11 is 0. The molecule has 0 aromatic heterocycles. The molecule has 2 heteroatoms. The lowest BCUT2D eigenvalue weighted by atomic mass is 10.1. The standard InChI is InChI=1S/C18H22N2/c1-13-3-2-4-14(11-13)9-10-20-18-8-5-15-12-16(19)6-7-17(15)18/h2-4,6-7,11-12,18,20H,5,8-10,19H2,1H3. The molecule has 2 aromatic carbocycles. The molecule has 1 unspecified atom stereocenters. The number of nitrogens with two attached hydrogens (primary N) is 1. The summed E-state index contributed by atoms with van der Waals surface area (Å²) in [7, 11) is 0. The third kappa shape index (κ3) is 2.86. The molecule has 0 radical (unpaired) electrons. The maximum Gasteiger partial charge on any atom is 0.0326 e. The van der Waals surface area contributed by atoms with E-state index < -0.39 is 0 Å². The van der Waals surface area contributed by atoms with Crippen LogP contribution in [0.25, 0.3) is 0 Å². The van der Waals surface area contributed by atoms with Gasteiger partial charge in [-0.3, -0.25) is 0 Å². The van der Waals surface area contributed by atoms with Crippen LogP contribution < -0.4 is 11.1 Å². The smallest absolute Gasteiger partial charge is 0.0326 e. The van der Waals surface area contributed by atoms with Gasteiger partial charge in [-0.2, -0.15) is 0 Å². The Labute approximate surface area is 121 Å². The van der Waals surface area contributed by atoms with Crippen molar-refractivity contribution in [2.45, 2.75) is 32.2 Å². The number of fused-ring (bicyclic) bond motifs is 1. The maximum atomic E-state index is 5.85. The second-order valence-corrected chi connectivity index (χ2v) is 5.74. The minimum absolute atomic E-state index is 0.496. The molecule has 20 heavy (non-hydrogen) atoms. The van der Waals surface area contributed by atoms with Gasteiger partial charge < -0.3 is 11.1 Å².